The van der Waals surface area contributed by atoms with E-state index in [0.29, 0.717) is 40.3 Å². The van der Waals surface area contributed by atoms with E-state index < -0.39 is 0 Å². The molecule has 0 saturated carbocycles. The number of benzene rings is 2. The lowest BCUT2D eigenvalue weighted by molar-refractivity contribution is 0.174. The fourth-order valence-corrected chi connectivity index (χ4v) is 4.39. The van der Waals surface area contributed by atoms with Crippen LogP contribution in [0.1, 0.15) is 11.3 Å². The monoisotopic (exact) mass is 451 g/mol. The van der Waals surface area contributed by atoms with Crippen molar-refractivity contribution in [1.29, 1.82) is 0 Å². The maximum absolute atomic E-state index is 13.6. The van der Waals surface area contributed by atoms with Crippen LogP contribution >= 0.6 is 0 Å². The Morgan fingerprint density at radius 3 is 2.59 bits per heavy atom. The fourth-order valence-electron chi connectivity index (χ4n) is 4.39. The molecule has 7 rings (SSSR count). The lowest BCUT2D eigenvalue weighted by Gasteiger charge is -2.08. The van der Waals surface area contributed by atoms with Gasteiger partial charge in [0.2, 0.25) is 6.79 Å². The summed E-state index contributed by atoms with van der Waals surface area (Å²) < 4.78 is 19.9. The molecule has 6 aromatic rings. The molecule has 0 saturated heterocycles. The molecule has 0 fully saturated rings. The summed E-state index contributed by atoms with van der Waals surface area (Å²) in [6.07, 6.45) is 3.13. The number of rotatable bonds is 4. The van der Waals surface area contributed by atoms with Gasteiger partial charge in [0.25, 0.3) is 5.56 Å². The van der Waals surface area contributed by atoms with Gasteiger partial charge in [-0.15, -0.1) is 0 Å². The Kier molecular flexibility index (Phi) is 3.98. The van der Waals surface area contributed by atoms with E-state index >= 15 is 0 Å². The number of nitrogens with zero attached hydrogens (tertiary/aromatic N) is 5. The summed E-state index contributed by atoms with van der Waals surface area (Å²) in [6, 6.07) is 17.0. The van der Waals surface area contributed by atoms with Gasteiger partial charge in [0.15, 0.2) is 22.8 Å². The van der Waals surface area contributed by atoms with E-state index in [-0.39, 0.29) is 18.9 Å². The maximum Gasteiger partial charge on any atom is 0.265 e. The first-order chi connectivity index (χ1) is 16.7. The summed E-state index contributed by atoms with van der Waals surface area (Å²) in [6.45, 7) is 0.936. The highest BCUT2D eigenvalue weighted by Gasteiger charge is 2.21. The molecule has 9 nitrogen and oxygen atoms in total. The molecular weight excluding hydrogens is 434 g/mol. The summed E-state index contributed by atoms with van der Waals surface area (Å²) in [5.74, 6) is 2.09. The molecule has 0 bridgehead atoms. The van der Waals surface area contributed by atoms with Crippen LogP contribution in [-0.2, 0) is 13.1 Å². The first kappa shape index (κ1) is 18.9. The Bertz CT molecular complexity index is 1770. The third-order valence-electron chi connectivity index (χ3n) is 6.00. The highest BCUT2D eigenvalue weighted by molar-refractivity contribution is 6.04. The molecule has 9 heteroatoms. The van der Waals surface area contributed by atoms with Gasteiger partial charge in [-0.3, -0.25) is 9.36 Å². The Balaban J connectivity index is 1.47. The zero-order valence-electron chi connectivity index (χ0n) is 17.8. The van der Waals surface area contributed by atoms with Crippen molar-refractivity contribution in [3.63, 3.8) is 0 Å². The van der Waals surface area contributed by atoms with Crippen molar-refractivity contribution in [2.75, 3.05) is 6.79 Å². The van der Waals surface area contributed by atoms with Crippen LogP contribution < -0.4 is 15.0 Å². The molecular formula is C25H17N5O4. The molecule has 1 aliphatic rings. The highest BCUT2D eigenvalue weighted by atomic mass is 16.7. The normalized spacial score (nSPS) is 12.8. The van der Waals surface area contributed by atoms with Crippen LogP contribution in [0.2, 0.25) is 0 Å². The molecule has 5 heterocycles. The Hall–Kier alpha value is -4.66. The van der Waals surface area contributed by atoms with Crippen molar-refractivity contribution in [2.45, 2.75) is 13.1 Å². The number of aromatic nitrogens is 5. The van der Waals surface area contributed by atoms with Crippen LogP contribution in [0.15, 0.2) is 76.4 Å². The number of furan rings is 1. The Labute approximate surface area is 191 Å². The fraction of sp³-hybridized carbons (Fsp3) is 0.120. The van der Waals surface area contributed by atoms with Crippen molar-refractivity contribution in [1.82, 2.24) is 24.1 Å². The molecule has 34 heavy (non-hydrogen) atoms. The molecule has 0 N–H and O–H groups in total. The summed E-state index contributed by atoms with van der Waals surface area (Å²) in [7, 11) is 0. The number of hydrogen-bond acceptors (Lipinski definition) is 7. The largest absolute Gasteiger partial charge is 0.467 e. The smallest absolute Gasteiger partial charge is 0.265 e. The number of fused-ring (bicyclic) bond motifs is 5. The topological polar surface area (TPSA) is 97.2 Å². The van der Waals surface area contributed by atoms with Gasteiger partial charge in [-0.2, -0.15) is 0 Å². The molecule has 0 amide bonds. The number of hydrogen-bond donors (Lipinski definition) is 0. The summed E-state index contributed by atoms with van der Waals surface area (Å²) >= 11 is 0. The van der Waals surface area contributed by atoms with Gasteiger partial charge in [0, 0.05) is 0 Å². The molecule has 0 unspecified atom stereocenters. The van der Waals surface area contributed by atoms with Gasteiger partial charge in [0.05, 0.1) is 30.4 Å². The lowest BCUT2D eigenvalue weighted by atomic mass is 10.2. The first-order valence-electron chi connectivity index (χ1n) is 10.8. The van der Waals surface area contributed by atoms with Gasteiger partial charge in [-0.25, -0.2) is 15.0 Å². The zero-order chi connectivity index (χ0) is 22.6. The van der Waals surface area contributed by atoms with Crippen molar-refractivity contribution < 1.29 is 13.9 Å². The van der Waals surface area contributed by atoms with Crippen LogP contribution in [0.4, 0.5) is 0 Å². The third-order valence-corrected chi connectivity index (χ3v) is 6.00. The van der Waals surface area contributed by atoms with Crippen molar-refractivity contribution >= 4 is 33.2 Å². The predicted molar refractivity (Wildman–Crippen MR) is 124 cm³/mol. The molecule has 4 aromatic heterocycles. The molecule has 0 atom stereocenters. The summed E-state index contributed by atoms with van der Waals surface area (Å²) in [5, 5.41) is 0.433. The summed E-state index contributed by atoms with van der Waals surface area (Å²) in [4.78, 5) is 27.9. The molecule has 0 spiro atoms. The van der Waals surface area contributed by atoms with Crippen LogP contribution in [0.25, 0.3) is 33.2 Å². The second kappa shape index (κ2) is 7.17. The van der Waals surface area contributed by atoms with Gasteiger partial charge in [0.1, 0.15) is 23.0 Å². The van der Waals surface area contributed by atoms with Crippen molar-refractivity contribution in [3.8, 4) is 11.5 Å². The first-order valence-corrected chi connectivity index (χ1v) is 10.8. The van der Waals surface area contributed by atoms with Gasteiger partial charge in [-0.1, -0.05) is 18.2 Å². The number of ether oxygens (including phenoxy) is 2. The van der Waals surface area contributed by atoms with E-state index in [0.717, 1.165) is 22.3 Å². The van der Waals surface area contributed by atoms with Crippen LogP contribution in [0, 0.1) is 0 Å². The van der Waals surface area contributed by atoms with Crippen LogP contribution in [-0.4, -0.2) is 30.9 Å². The molecule has 0 aliphatic carbocycles. The highest BCUT2D eigenvalue weighted by Crippen LogP contribution is 2.33. The maximum atomic E-state index is 13.6. The van der Waals surface area contributed by atoms with Crippen LogP contribution in [0.3, 0.4) is 0 Å². The number of para-hydroxylation sites is 2. The zero-order valence-corrected chi connectivity index (χ0v) is 17.8. The van der Waals surface area contributed by atoms with E-state index in [1.165, 1.54) is 4.57 Å². The second-order valence-corrected chi connectivity index (χ2v) is 8.11. The van der Waals surface area contributed by atoms with E-state index in [9.17, 15) is 4.79 Å². The predicted octanol–water partition coefficient (Wildman–Crippen LogP) is 3.71. The van der Waals surface area contributed by atoms with Crippen molar-refractivity contribution in [2.24, 2.45) is 0 Å². The minimum absolute atomic E-state index is 0.194. The van der Waals surface area contributed by atoms with Crippen LogP contribution in [0.5, 0.6) is 11.5 Å². The average molecular weight is 451 g/mol. The van der Waals surface area contributed by atoms with E-state index in [1.54, 1.807) is 18.7 Å². The van der Waals surface area contributed by atoms with E-state index in [1.807, 2.05) is 53.1 Å². The average Bonchev–Trinajstić information content (AvgIpc) is 3.60. The SMILES string of the molecule is O=c1c2c3nc4ccccc4nc3n(Cc3ccc4c(c3)OCO4)c2ncn1Cc1ccco1. The molecule has 166 valence electrons. The molecule has 1 aliphatic heterocycles. The summed E-state index contributed by atoms with van der Waals surface area (Å²) in [5.41, 5.74) is 3.91. The quantitative estimate of drug-likeness (QED) is 0.403. The molecule has 2 aromatic carbocycles. The van der Waals surface area contributed by atoms with Gasteiger partial charge in [-0.05, 0) is 42.0 Å². The minimum atomic E-state index is -0.194. The van der Waals surface area contributed by atoms with Gasteiger partial charge < -0.3 is 18.5 Å². The Morgan fingerprint density at radius 2 is 1.74 bits per heavy atom. The third kappa shape index (κ3) is 2.87. The molecule has 0 radical (unpaired) electrons. The second-order valence-electron chi connectivity index (χ2n) is 8.11. The van der Waals surface area contributed by atoms with E-state index in [2.05, 4.69) is 4.98 Å². The minimum Gasteiger partial charge on any atom is -0.467 e. The van der Waals surface area contributed by atoms with E-state index in [4.69, 9.17) is 23.9 Å². The standard InChI is InChI=1S/C25H17N5O4/c31-25-21-22-24(28-18-6-2-1-5-17(18)27-22)30(11-15-7-8-19-20(10-15)34-14-33-19)23(21)26-13-29(25)12-16-4-3-9-32-16/h1-10,13H,11-12,14H2. The Morgan fingerprint density at radius 1 is 0.882 bits per heavy atom. The van der Waals surface area contributed by atoms with Gasteiger partial charge >= 0.3 is 0 Å². The lowest BCUT2D eigenvalue weighted by Crippen LogP contribution is -2.21. The van der Waals surface area contributed by atoms with Crippen molar-refractivity contribution in [3.05, 3.63) is 88.9 Å².